The van der Waals surface area contributed by atoms with Crippen LogP contribution in [0.15, 0.2) is 29.7 Å². The Bertz CT molecular complexity index is 816. The molecule has 2 aromatic rings. The molecule has 0 unspecified atom stereocenters. The highest BCUT2D eigenvalue weighted by Crippen LogP contribution is 2.34. The zero-order valence-corrected chi connectivity index (χ0v) is 11.1. The maximum atomic E-state index is 11.8. The maximum Gasteiger partial charge on any atom is 0.261 e. The third kappa shape index (κ3) is 1.83. The molecule has 0 aromatic carbocycles. The molecule has 21 heavy (non-hydrogen) atoms. The monoisotopic (exact) mass is 288 g/mol. The molecular weight excluding hydrogens is 276 g/mol. The van der Waals surface area contributed by atoms with Crippen LogP contribution in [-0.4, -0.2) is 39.0 Å². The van der Waals surface area contributed by atoms with Gasteiger partial charge in [0.15, 0.2) is 5.65 Å². The number of aromatic amines is 1. The molecular formula is C13H12N4O4. The van der Waals surface area contributed by atoms with Gasteiger partial charge in [0, 0.05) is 13.3 Å². The highest BCUT2D eigenvalue weighted by molar-refractivity contribution is 5.82. The van der Waals surface area contributed by atoms with E-state index in [2.05, 4.69) is 16.5 Å². The summed E-state index contributed by atoms with van der Waals surface area (Å²) in [5.74, 6) is 0.278. The minimum atomic E-state index is -1.02. The predicted octanol–water partition coefficient (Wildman–Crippen LogP) is 0.0147. The molecule has 0 radical (unpaired) electrons. The molecule has 2 N–H and O–H groups in total. The zero-order valence-electron chi connectivity index (χ0n) is 11.1. The van der Waals surface area contributed by atoms with Crippen LogP contribution in [0, 0.1) is 11.3 Å². The van der Waals surface area contributed by atoms with Gasteiger partial charge in [-0.1, -0.05) is 6.58 Å². The Labute approximate surface area is 118 Å². The summed E-state index contributed by atoms with van der Waals surface area (Å²) in [7, 11) is 1.43. The van der Waals surface area contributed by atoms with Crippen molar-refractivity contribution in [2.75, 3.05) is 7.11 Å². The van der Waals surface area contributed by atoms with Crippen molar-refractivity contribution in [3.05, 3.63) is 40.8 Å². The number of hydrogen-bond donors (Lipinski definition) is 2. The van der Waals surface area contributed by atoms with Crippen LogP contribution < -0.4 is 5.56 Å². The van der Waals surface area contributed by atoms with Gasteiger partial charge in [0.1, 0.15) is 29.4 Å². The largest absolute Gasteiger partial charge is 0.469 e. The summed E-state index contributed by atoms with van der Waals surface area (Å²) in [5, 5.41) is 19.6. The second-order valence-corrected chi connectivity index (χ2v) is 4.61. The fourth-order valence-electron chi connectivity index (χ4n) is 2.50. The van der Waals surface area contributed by atoms with Crippen molar-refractivity contribution in [1.29, 1.82) is 5.26 Å². The van der Waals surface area contributed by atoms with Gasteiger partial charge in [-0.2, -0.15) is 5.26 Å². The van der Waals surface area contributed by atoms with Crippen molar-refractivity contribution >= 4 is 11.0 Å². The van der Waals surface area contributed by atoms with Crippen molar-refractivity contribution in [3.8, 4) is 6.07 Å². The molecule has 0 bridgehead atoms. The van der Waals surface area contributed by atoms with Gasteiger partial charge >= 0.3 is 0 Å². The summed E-state index contributed by atoms with van der Waals surface area (Å²) in [6.45, 7) is 3.68. The summed E-state index contributed by atoms with van der Waals surface area (Å²) in [6, 6.07) is 1.93. The summed E-state index contributed by atoms with van der Waals surface area (Å²) < 4.78 is 12.1. The number of aromatic nitrogens is 3. The third-order valence-corrected chi connectivity index (χ3v) is 3.46. The van der Waals surface area contributed by atoms with Gasteiger partial charge in [0.2, 0.25) is 6.23 Å². The summed E-state index contributed by atoms with van der Waals surface area (Å²) in [5.41, 5.74) is -0.0181. The van der Waals surface area contributed by atoms with Crippen molar-refractivity contribution in [1.82, 2.24) is 14.5 Å². The first-order chi connectivity index (χ1) is 10.1. The smallest absolute Gasteiger partial charge is 0.261 e. The normalized spacial score (nSPS) is 25.0. The molecule has 0 saturated carbocycles. The summed E-state index contributed by atoms with van der Waals surface area (Å²) in [6.07, 6.45) is 0.0883. The van der Waals surface area contributed by atoms with Gasteiger partial charge in [0.05, 0.1) is 11.9 Å². The number of rotatable bonds is 2. The molecule has 2 aromatic heterocycles. The van der Waals surface area contributed by atoms with Crippen molar-refractivity contribution in [2.45, 2.75) is 18.4 Å². The number of aliphatic hydroxyl groups is 1. The Morgan fingerprint density at radius 1 is 1.67 bits per heavy atom. The number of aliphatic hydroxyl groups excluding tert-OH is 1. The molecule has 1 aliphatic heterocycles. The topological polar surface area (TPSA) is 113 Å². The van der Waals surface area contributed by atoms with E-state index in [0.717, 1.165) is 0 Å². The van der Waals surface area contributed by atoms with E-state index in [4.69, 9.17) is 14.7 Å². The Hall–Kier alpha value is -2.63. The fraction of sp³-hybridized carbons (Fsp3) is 0.308. The molecule has 1 fully saturated rings. The van der Waals surface area contributed by atoms with E-state index in [1.807, 2.05) is 6.07 Å². The average molecular weight is 288 g/mol. The van der Waals surface area contributed by atoms with E-state index in [1.54, 1.807) is 0 Å². The van der Waals surface area contributed by atoms with E-state index in [9.17, 15) is 9.90 Å². The molecule has 8 nitrogen and oxygen atoms in total. The molecule has 1 saturated heterocycles. The van der Waals surface area contributed by atoms with Gasteiger partial charge in [-0.25, -0.2) is 4.98 Å². The van der Waals surface area contributed by atoms with Crippen LogP contribution in [0.1, 0.15) is 11.8 Å². The van der Waals surface area contributed by atoms with Gasteiger partial charge < -0.3 is 19.6 Å². The van der Waals surface area contributed by atoms with Crippen molar-refractivity contribution < 1.29 is 14.6 Å². The second-order valence-electron chi connectivity index (χ2n) is 4.61. The van der Waals surface area contributed by atoms with Crippen LogP contribution in [0.5, 0.6) is 0 Å². The number of methoxy groups -OCH3 is 1. The molecule has 0 spiro atoms. The molecule has 108 valence electrons. The maximum absolute atomic E-state index is 11.8. The molecule has 3 heterocycles. The molecule has 0 amide bonds. The van der Waals surface area contributed by atoms with Crippen LogP contribution in [0.3, 0.4) is 0 Å². The number of H-pyrrole nitrogens is 1. The lowest BCUT2D eigenvalue weighted by Gasteiger charge is -2.17. The molecule has 3 rings (SSSR count). The lowest BCUT2D eigenvalue weighted by molar-refractivity contribution is -0.0220. The SMILES string of the molecule is C=C1O[C@@H](n2cc(C#N)c3c(=O)[nH]cnc32)[C@H](O)[C@@H]1OC. The second kappa shape index (κ2) is 4.73. The van der Waals surface area contributed by atoms with E-state index in [-0.39, 0.29) is 22.4 Å². The summed E-state index contributed by atoms with van der Waals surface area (Å²) >= 11 is 0. The first kappa shape index (κ1) is 13.4. The van der Waals surface area contributed by atoms with E-state index in [1.165, 1.54) is 24.2 Å². The van der Waals surface area contributed by atoms with Gasteiger partial charge in [-0.3, -0.25) is 9.36 Å². The fourth-order valence-corrected chi connectivity index (χ4v) is 2.50. The average Bonchev–Trinajstić information content (AvgIpc) is 2.97. The van der Waals surface area contributed by atoms with Crippen LogP contribution in [0.25, 0.3) is 11.0 Å². The molecule has 3 atom stereocenters. The highest BCUT2D eigenvalue weighted by atomic mass is 16.6. The number of ether oxygens (including phenoxy) is 2. The number of hydrogen-bond acceptors (Lipinski definition) is 6. The Morgan fingerprint density at radius 3 is 3.05 bits per heavy atom. The van der Waals surface area contributed by atoms with Crippen LogP contribution in [0.4, 0.5) is 0 Å². The van der Waals surface area contributed by atoms with Crippen LogP contribution in [0.2, 0.25) is 0 Å². The van der Waals surface area contributed by atoms with Gasteiger partial charge in [-0.15, -0.1) is 0 Å². The third-order valence-electron chi connectivity index (χ3n) is 3.46. The highest BCUT2D eigenvalue weighted by Gasteiger charge is 2.42. The van der Waals surface area contributed by atoms with E-state index < -0.39 is 24.0 Å². The van der Waals surface area contributed by atoms with Gasteiger partial charge in [-0.05, 0) is 0 Å². The Kier molecular flexibility index (Phi) is 3.01. The molecule has 1 aliphatic rings. The number of nitrogens with zero attached hydrogens (tertiary/aromatic N) is 3. The quantitative estimate of drug-likeness (QED) is 0.805. The first-order valence-electron chi connectivity index (χ1n) is 6.13. The Balaban J connectivity index is 2.19. The predicted molar refractivity (Wildman–Crippen MR) is 71.1 cm³/mol. The van der Waals surface area contributed by atoms with Gasteiger partial charge in [0.25, 0.3) is 5.56 Å². The first-order valence-corrected chi connectivity index (χ1v) is 6.13. The van der Waals surface area contributed by atoms with E-state index in [0.29, 0.717) is 0 Å². The number of fused-ring (bicyclic) bond motifs is 1. The lowest BCUT2D eigenvalue weighted by atomic mass is 10.2. The standard InChI is InChI=1S/C13H12N4O4/c1-6-10(20-2)9(18)13(21-6)17-4-7(3-14)8-11(17)15-5-16-12(8)19/h4-5,9-10,13,18H,1H2,2H3,(H,15,16,19)/t9-,10-,13-/m1/s1. The summed E-state index contributed by atoms with van der Waals surface area (Å²) in [4.78, 5) is 18.3. The van der Waals surface area contributed by atoms with Crippen LogP contribution >= 0.6 is 0 Å². The van der Waals surface area contributed by atoms with Crippen LogP contribution in [-0.2, 0) is 9.47 Å². The Morgan fingerprint density at radius 2 is 2.43 bits per heavy atom. The molecule has 8 heteroatoms. The van der Waals surface area contributed by atoms with Crippen molar-refractivity contribution in [2.24, 2.45) is 0 Å². The van der Waals surface area contributed by atoms with E-state index >= 15 is 0 Å². The number of nitrogens with one attached hydrogen (secondary N) is 1. The number of nitriles is 1. The molecule has 0 aliphatic carbocycles. The lowest BCUT2D eigenvalue weighted by Crippen LogP contribution is -2.29. The minimum Gasteiger partial charge on any atom is -0.469 e. The zero-order chi connectivity index (χ0) is 15.1. The minimum absolute atomic E-state index is 0.154. The van der Waals surface area contributed by atoms with Crippen molar-refractivity contribution in [3.63, 3.8) is 0 Å².